The third kappa shape index (κ3) is 4.98. The zero-order valence-electron chi connectivity index (χ0n) is 14.2. The van der Waals surface area contributed by atoms with Gasteiger partial charge < -0.3 is 11.1 Å². The van der Waals surface area contributed by atoms with Gasteiger partial charge in [-0.1, -0.05) is 27.2 Å². The van der Waals surface area contributed by atoms with Gasteiger partial charge in [0.2, 0.25) is 5.91 Å². The maximum Gasteiger partial charge on any atom is 0.223 e. The normalized spacial score (nSPS) is 34.5. The zero-order chi connectivity index (χ0) is 15.5. The molecule has 0 aliphatic heterocycles. The number of rotatable bonds is 3. The average Bonchev–Trinajstić information content (AvgIpc) is 2.44. The minimum atomic E-state index is 0.251. The molecule has 2 fully saturated rings. The van der Waals surface area contributed by atoms with E-state index in [0.29, 0.717) is 23.3 Å². The SMILES string of the molecule is CC(C)(C)C1CCC(C(=O)NCC2CCCC(N)C2)CC1. The molecular formula is C18H34N2O. The molecule has 0 aromatic heterocycles. The summed E-state index contributed by atoms with van der Waals surface area (Å²) in [5.41, 5.74) is 6.41. The highest BCUT2D eigenvalue weighted by Gasteiger charge is 2.32. The van der Waals surface area contributed by atoms with Crippen LogP contribution in [-0.2, 0) is 4.79 Å². The first kappa shape index (κ1) is 16.8. The standard InChI is InChI=1S/C18H34N2O/c1-18(2,3)15-9-7-14(8-10-15)17(21)20-12-13-5-4-6-16(19)11-13/h13-16H,4-12,19H2,1-3H3,(H,20,21). The molecule has 2 aliphatic carbocycles. The molecule has 0 spiro atoms. The predicted octanol–water partition coefficient (Wildman–Crippen LogP) is 3.47. The van der Waals surface area contributed by atoms with Gasteiger partial charge >= 0.3 is 0 Å². The van der Waals surface area contributed by atoms with Crippen molar-refractivity contribution in [3.63, 3.8) is 0 Å². The Kier molecular flexibility index (Phi) is 5.70. The minimum absolute atomic E-state index is 0.251. The molecule has 2 saturated carbocycles. The molecule has 3 heteroatoms. The molecule has 1 amide bonds. The van der Waals surface area contributed by atoms with E-state index < -0.39 is 0 Å². The molecular weight excluding hydrogens is 260 g/mol. The van der Waals surface area contributed by atoms with Crippen molar-refractivity contribution in [2.45, 2.75) is 78.2 Å². The van der Waals surface area contributed by atoms with E-state index in [1.54, 1.807) is 0 Å². The van der Waals surface area contributed by atoms with Gasteiger partial charge in [-0.15, -0.1) is 0 Å². The quantitative estimate of drug-likeness (QED) is 0.837. The van der Waals surface area contributed by atoms with Crippen LogP contribution in [0.3, 0.4) is 0 Å². The monoisotopic (exact) mass is 294 g/mol. The van der Waals surface area contributed by atoms with Crippen molar-refractivity contribution in [1.82, 2.24) is 5.32 Å². The summed E-state index contributed by atoms with van der Waals surface area (Å²) >= 11 is 0. The lowest BCUT2D eigenvalue weighted by Gasteiger charge is -2.36. The van der Waals surface area contributed by atoms with E-state index in [1.165, 1.54) is 25.7 Å². The Balaban J connectivity index is 1.70. The number of carbonyl (C=O) groups is 1. The fraction of sp³-hybridized carbons (Fsp3) is 0.944. The zero-order valence-corrected chi connectivity index (χ0v) is 14.2. The van der Waals surface area contributed by atoms with Crippen LogP contribution in [0.1, 0.15) is 72.1 Å². The summed E-state index contributed by atoms with van der Waals surface area (Å²) in [6.07, 6.45) is 9.23. The number of nitrogens with one attached hydrogen (secondary N) is 1. The Morgan fingerprint density at radius 3 is 2.33 bits per heavy atom. The number of nitrogens with two attached hydrogens (primary N) is 1. The van der Waals surface area contributed by atoms with Gasteiger partial charge in [-0.05, 0) is 62.2 Å². The molecule has 3 nitrogen and oxygen atoms in total. The topological polar surface area (TPSA) is 55.1 Å². The largest absolute Gasteiger partial charge is 0.356 e. The smallest absolute Gasteiger partial charge is 0.223 e. The highest BCUT2D eigenvalue weighted by Crippen LogP contribution is 2.39. The van der Waals surface area contributed by atoms with Crippen molar-refractivity contribution in [3.05, 3.63) is 0 Å². The van der Waals surface area contributed by atoms with Crippen LogP contribution in [0, 0.1) is 23.2 Å². The van der Waals surface area contributed by atoms with Crippen molar-refractivity contribution in [1.29, 1.82) is 0 Å². The predicted molar refractivity (Wildman–Crippen MR) is 87.8 cm³/mol. The summed E-state index contributed by atoms with van der Waals surface area (Å²) < 4.78 is 0. The fourth-order valence-electron chi connectivity index (χ4n) is 4.13. The van der Waals surface area contributed by atoms with Crippen molar-refractivity contribution >= 4 is 5.91 Å². The van der Waals surface area contributed by atoms with Crippen molar-refractivity contribution in [2.24, 2.45) is 28.9 Å². The second-order valence-electron chi connectivity index (χ2n) is 8.45. The summed E-state index contributed by atoms with van der Waals surface area (Å²) in [4.78, 5) is 12.3. The third-order valence-electron chi connectivity index (χ3n) is 5.71. The van der Waals surface area contributed by atoms with Gasteiger partial charge in [0.15, 0.2) is 0 Å². The van der Waals surface area contributed by atoms with E-state index in [-0.39, 0.29) is 5.92 Å². The summed E-state index contributed by atoms with van der Waals surface area (Å²) in [7, 11) is 0. The molecule has 0 aromatic rings. The lowest BCUT2D eigenvalue weighted by atomic mass is 9.69. The summed E-state index contributed by atoms with van der Waals surface area (Å²) in [5.74, 6) is 1.92. The molecule has 0 heterocycles. The molecule has 2 rings (SSSR count). The Bertz CT molecular complexity index is 340. The van der Waals surface area contributed by atoms with Gasteiger partial charge in [0, 0.05) is 18.5 Å². The van der Waals surface area contributed by atoms with Crippen LogP contribution < -0.4 is 11.1 Å². The molecule has 2 aliphatic rings. The molecule has 2 atom stereocenters. The lowest BCUT2D eigenvalue weighted by Crippen LogP contribution is -2.39. The van der Waals surface area contributed by atoms with E-state index in [2.05, 4.69) is 26.1 Å². The highest BCUT2D eigenvalue weighted by molar-refractivity contribution is 5.78. The Morgan fingerprint density at radius 2 is 1.76 bits per heavy atom. The van der Waals surface area contributed by atoms with E-state index in [4.69, 9.17) is 5.73 Å². The van der Waals surface area contributed by atoms with Crippen LogP contribution in [-0.4, -0.2) is 18.5 Å². The van der Waals surface area contributed by atoms with Crippen LogP contribution in [0.25, 0.3) is 0 Å². The molecule has 3 N–H and O–H groups in total. The van der Waals surface area contributed by atoms with Crippen LogP contribution in [0.2, 0.25) is 0 Å². The number of hydrogen-bond donors (Lipinski definition) is 2. The summed E-state index contributed by atoms with van der Waals surface area (Å²) in [6.45, 7) is 7.81. The molecule has 122 valence electrons. The van der Waals surface area contributed by atoms with Crippen LogP contribution in [0.4, 0.5) is 0 Å². The van der Waals surface area contributed by atoms with Gasteiger partial charge in [-0.25, -0.2) is 0 Å². The molecule has 2 unspecified atom stereocenters. The minimum Gasteiger partial charge on any atom is -0.356 e. The molecule has 0 saturated heterocycles. The molecule has 0 radical (unpaired) electrons. The second kappa shape index (κ2) is 7.13. The lowest BCUT2D eigenvalue weighted by molar-refractivity contribution is -0.126. The summed E-state index contributed by atoms with van der Waals surface area (Å²) in [6, 6.07) is 0.350. The Hall–Kier alpha value is -0.570. The van der Waals surface area contributed by atoms with Crippen molar-refractivity contribution < 1.29 is 4.79 Å². The van der Waals surface area contributed by atoms with Crippen LogP contribution >= 0.6 is 0 Å². The van der Waals surface area contributed by atoms with Crippen LogP contribution in [0.15, 0.2) is 0 Å². The first-order valence-corrected chi connectivity index (χ1v) is 8.89. The average molecular weight is 294 g/mol. The van der Waals surface area contributed by atoms with Gasteiger partial charge in [-0.3, -0.25) is 4.79 Å². The van der Waals surface area contributed by atoms with E-state index in [9.17, 15) is 4.79 Å². The van der Waals surface area contributed by atoms with Gasteiger partial charge in [0.1, 0.15) is 0 Å². The van der Waals surface area contributed by atoms with Gasteiger partial charge in [0.05, 0.1) is 0 Å². The Labute approximate surface area is 130 Å². The highest BCUT2D eigenvalue weighted by atomic mass is 16.1. The summed E-state index contributed by atoms with van der Waals surface area (Å²) in [5, 5.41) is 3.20. The van der Waals surface area contributed by atoms with Crippen molar-refractivity contribution in [2.75, 3.05) is 6.54 Å². The first-order valence-electron chi connectivity index (χ1n) is 8.89. The maximum atomic E-state index is 12.3. The number of carbonyl (C=O) groups excluding carboxylic acids is 1. The van der Waals surface area contributed by atoms with Crippen molar-refractivity contribution in [3.8, 4) is 0 Å². The maximum absolute atomic E-state index is 12.3. The molecule has 0 aromatic carbocycles. The first-order chi connectivity index (χ1) is 9.86. The molecule has 21 heavy (non-hydrogen) atoms. The van der Waals surface area contributed by atoms with Crippen LogP contribution in [0.5, 0.6) is 0 Å². The third-order valence-corrected chi connectivity index (χ3v) is 5.71. The molecule has 0 bridgehead atoms. The van der Waals surface area contributed by atoms with E-state index >= 15 is 0 Å². The number of amides is 1. The number of hydrogen-bond acceptors (Lipinski definition) is 2. The van der Waals surface area contributed by atoms with Gasteiger partial charge in [0.25, 0.3) is 0 Å². The fourth-order valence-corrected chi connectivity index (χ4v) is 4.13. The second-order valence-corrected chi connectivity index (χ2v) is 8.45. The van der Waals surface area contributed by atoms with E-state index in [1.807, 2.05) is 0 Å². The Morgan fingerprint density at radius 1 is 1.10 bits per heavy atom. The van der Waals surface area contributed by atoms with E-state index in [0.717, 1.165) is 38.1 Å². The van der Waals surface area contributed by atoms with Gasteiger partial charge in [-0.2, -0.15) is 0 Å².